The molecule has 0 unspecified atom stereocenters. The van der Waals surface area contributed by atoms with Crippen LogP contribution in [0.4, 0.5) is 5.69 Å². The second-order valence-electron chi connectivity index (χ2n) is 4.62. The number of benzene rings is 1. The van der Waals surface area contributed by atoms with Crippen molar-refractivity contribution >= 4 is 11.6 Å². The third-order valence-corrected chi connectivity index (χ3v) is 3.19. The van der Waals surface area contributed by atoms with Gasteiger partial charge in [0.15, 0.2) is 5.96 Å². The molecule has 1 aromatic rings. The molecule has 0 aliphatic heterocycles. The first-order chi connectivity index (χ1) is 8.79. The predicted octanol–water partition coefficient (Wildman–Crippen LogP) is 1.90. The summed E-state index contributed by atoms with van der Waals surface area (Å²) in [6.45, 7) is 5.06. The highest BCUT2D eigenvalue weighted by Gasteiger charge is 2.26. The standard InChI is InChI=1S/C14H22N4/c1-2-18(13-8-9-13)11-10-16-14(15)17-12-6-4-3-5-7-12/h3-7,13H,2,8-11H2,1H3,(H3,15,16,17). The molecule has 4 nitrogen and oxygen atoms in total. The summed E-state index contributed by atoms with van der Waals surface area (Å²) in [6, 6.07) is 10.7. The molecule has 0 atom stereocenters. The van der Waals surface area contributed by atoms with E-state index in [-0.39, 0.29) is 0 Å². The van der Waals surface area contributed by atoms with Crippen LogP contribution >= 0.6 is 0 Å². The zero-order valence-corrected chi connectivity index (χ0v) is 11.0. The lowest BCUT2D eigenvalue weighted by Gasteiger charge is -2.18. The van der Waals surface area contributed by atoms with Gasteiger partial charge in [0.2, 0.25) is 0 Å². The van der Waals surface area contributed by atoms with Crippen molar-refractivity contribution in [2.45, 2.75) is 25.8 Å². The molecule has 0 spiro atoms. The first kappa shape index (κ1) is 12.9. The molecule has 3 N–H and O–H groups in total. The lowest BCUT2D eigenvalue weighted by Crippen LogP contribution is -2.30. The van der Waals surface area contributed by atoms with Crippen molar-refractivity contribution < 1.29 is 0 Å². The van der Waals surface area contributed by atoms with Crippen LogP contribution in [-0.4, -0.2) is 36.5 Å². The fourth-order valence-corrected chi connectivity index (χ4v) is 2.05. The van der Waals surface area contributed by atoms with Gasteiger partial charge in [0.25, 0.3) is 0 Å². The van der Waals surface area contributed by atoms with Crippen LogP contribution in [0.2, 0.25) is 0 Å². The highest BCUT2D eigenvalue weighted by atomic mass is 15.2. The summed E-state index contributed by atoms with van der Waals surface area (Å²) in [6.07, 6.45) is 2.69. The fraction of sp³-hybridized carbons (Fsp3) is 0.500. The maximum atomic E-state index is 5.85. The zero-order chi connectivity index (χ0) is 12.8. The summed E-state index contributed by atoms with van der Waals surface area (Å²) in [5, 5.41) is 3.09. The first-order valence-corrected chi connectivity index (χ1v) is 6.65. The molecule has 1 aromatic carbocycles. The topological polar surface area (TPSA) is 53.6 Å². The van der Waals surface area contributed by atoms with E-state index in [0.717, 1.165) is 31.4 Å². The van der Waals surface area contributed by atoms with Gasteiger partial charge < -0.3 is 11.1 Å². The van der Waals surface area contributed by atoms with Gasteiger partial charge in [-0.3, -0.25) is 9.89 Å². The van der Waals surface area contributed by atoms with Crippen molar-refractivity contribution in [2.24, 2.45) is 10.7 Å². The number of likely N-dealkylation sites (N-methyl/N-ethyl adjacent to an activating group) is 1. The van der Waals surface area contributed by atoms with Gasteiger partial charge in [-0.05, 0) is 31.5 Å². The molecule has 2 rings (SSSR count). The summed E-state index contributed by atoms with van der Waals surface area (Å²) in [5.74, 6) is 0.494. The number of para-hydroxylation sites is 1. The van der Waals surface area contributed by atoms with Gasteiger partial charge in [0, 0.05) is 18.3 Å². The van der Waals surface area contributed by atoms with E-state index in [1.807, 2.05) is 30.3 Å². The van der Waals surface area contributed by atoms with E-state index < -0.39 is 0 Å². The molecule has 0 bridgehead atoms. The molecule has 18 heavy (non-hydrogen) atoms. The van der Waals surface area contributed by atoms with Gasteiger partial charge >= 0.3 is 0 Å². The maximum Gasteiger partial charge on any atom is 0.193 e. The van der Waals surface area contributed by atoms with Crippen LogP contribution in [-0.2, 0) is 0 Å². The number of nitrogens with one attached hydrogen (secondary N) is 1. The number of nitrogens with zero attached hydrogens (tertiary/aromatic N) is 2. The molecule has 0 radical (unpaired) electrons. The Morgan fingerprint density at radius 2 is 2.11 bits per heavy atom. The van der Waals surface area contributed by atoms with Gasteiger partial charge in [0.05, 0.1) is 6.54 Å². The molecule has 1 saturated carbocycles. The fourth-order valence-electron chi connectivity index (χ4n) is 2.05. The van der Waals surface area contributed by atoms with Gasteiger partial charge in [-0.15, -0.1) is 0 Å². The molecule has 0 aromatic heterocycles. The van der Waals surface area contributed by atoms with E-state index >= 15 is 0 Å². The van der Waals surface area contributed by atoms with E-state index in [9.17, 15) is 0 Å². The van der Waals surface area contributed by atoms with Crippen LogP contribution in [0.1, 0.15) is 19.8 Å². The lowest BCUT2D eigenvalue weighted by molar-refractivity contribution is 0.286. The molecular weight excluding hydrogens is 224 g/mol. The normalized spacial score (nSPS) is 16.0. The molecule has 1 fully saturated rings. The Kier molecular flexibility index (Phi) is 4.59. The van der Waals surface area contributed by atoms with Crippen LogP contribution in [0, 0.1) is 0 Å². The van der Waals surface area contributed by atoms with Gasteiger partial charge in [-0.1, -0.05) is 25.1 Å². The number of hydrogen-bond acceptors (Lipinski definition) is 2. The zero-order valence-electron chi connectivity index (χ0n) is 11.0. The highest BCUT2D eigenvalue weighted by molar-refractivity contribution is 5.92. The van der Waals surface area contributed by atoms with E-state index in [0.29, 0.717) is 5.96 Å². The van der Waals surface area contributed by atoms with Crippen molar-refractivity contribution in [1.29, 1.82) is 0 Å². The molecule has 0 heterocycles. The minimum Gasteiger partial charge on any atom is -0.370 e. The van der Waals surface area contributed by atoms with Gasteiger partial charge in [-0.2, -0.15) is 0 Å². The number of rotatable bonds is 6. The van der Waals surface area contributed by atoms with Crippen LogP contribution in [0.25, 0.3) is 0 Å². The second kappa shape index (κ2) is 6.40. The number of hydrogen-bond donors (Lipinski definition) is 2. The van der Waals surface area contributed by atoms with E-state index in [1.54, 1.807) is 0 Å². The summed E-state index contributed by atoms with van der Waals surface area (Å²) in [7, 11) is 0. The molecule has 0 amide bonds. The van der Waals surface area contributed by atoms with Crippen molar-refractivity contribution in [3.63, 3.8) is 0 Å². The van der Waals surface area contributed by atoms with Crippen LogP contribution in [0.15, 0.2) is 35.3 Å². The third-order valence-electron chi connectivity index (χ3n) is 3.19. The first-order valence-electron chi connectivity index (χ1n) is 6.65. The van der Waals surface area contributed by atoms with Crippen molar-refractivity contribution in [2.75, 3.05) is 25.0 Å². The maximum absolute atomic E-state index is 5.85. The van der Waals surface area contributed by atoms with Gasteiger partial charge in [-0.25, -0.2) is 0 Å². The van der Waals surface area contributed by atoms with Crippen LogP contribution in [0.3, 0.4) is 0 Å². The molecule has 4 heteroatoms. The van der Waals surface area contributed by atoms with E-state index in [2.05, 4.69) is 22.1 Å². The Morgan fingerprint density at radius 1 is 1.39 bits per heavy atom. The molecular formula is C14H22N4. The van der Waals surface area contributed by atoms with Crippen LogP contribution < -0.4 is 11.1 Å². The average molecular weight is 246 g/mol. The molecule has 1 aliphatic rings. The number of guanidine groups is 1. The SMILES string of the molecule is CCN(CCN=C(N)Nc1ccccc1)C1CC1. The quantitative estimate of drug-likeness (QED) is 0.595. The Bertz CT molecular complexity index is 384. The third kappa shape index (κ3) is 4.04. The predicted molar refractivity (Wildman–Crippen MR) is 76.8 cm³/mol. The summed E-state index contributed by atoms with van der Waals surface area (Å²) >= 11 is 0. The van der Waals surface area contributed by atoms with E-state index in [4.69, 9.17) is 5.73 Å². The Hall–Kier alpha value is -1.55. The Labute approximate surface area is 109 Å². The largest absolute Gasteiger partial charge is 0.370 e. The minimum absolute atomic E-state index is 0.494. The minimum atomic E-state index is 0.494. The van der Waals surface area contributed by atoms with Crippen molar-refractivity contribution in [3.05, 3.63) is 30.3 Å². The number of nitrogens with two attached hydrogens (primary N) is 1. The van der Waals surface area contributed by atoms with Crippen LogP contribution in [0.5, 0.6) is 0 Å². The average Bonchev–Trinajstić information content (AvgIpc) is 3.20. The summed E-state index contributed by atoms with van der Waals surface area (Å²) in [5.41, 5.74) is 6.83. The second-order valence-corrected chi connectivity index (χ2v) is 4.62. The number of aliphatic imine (C=N–C) groups is 1. The van der Waals surface area contributed by atoms with Crippen molar-refractivity contribution in [3.8, 4) is 0 Å². The molecule has 98 valence electrons. The smallest absolute Gasteiger partial charge is 0.193 e. The molecule has 0 saturated heterocycles. The van der Waals surface area contributed by atoms with Gasteiger partial charge in [0.1, 0.15) is 0 Å². The Balaban J connectivity index is 1.74. The summed E-state index contributed by atoms with van der Waals surface area (Å²) < 4.78 is 0. The number of anilines is 1. The highest BCUT2D eigenvalue weighted by Crippen LogP contribution is 2.25. The lowest BCUT2D eigenvalue weighted by atomic mass is 10.3. The Morgan fingerprint density at radius 3 is 2.72 bits per heavy atom. The summed E-state index contributed by atoms with van der Waals surface area (Å²) in [4.78, 5) is 6.83. The monoisotopic (exact) mass is 246 g/mol. The molecule has 1 aliphatic carbocycles. The van der Waals surface area contributed by atoms with E-state index in [1.165, 1.54) is 12.8 Å². The van der Waals surface area contributed by atoms with Crippen molar-refractivity contribution in [1.82, 2.24) is 4.90 Å².